The average molecular weight is 421 g/mol. The molecule has 1 aliphatic rings. The number of hydrogen-bond donors (Lipinski definition) is 2. The summed E-state index contributed by atoms with van der Waals surface area (Å²) in [6, 6.07) is 9.92. The zero-order chi connectivity index (χ0) is 22.0. The number of likely N-dealkylation sites (tertiary alicyclic amines) is 1. The summed E-state index contributed by atoms with van der Waals surface area (Å²) in [6.07, 6.45) is 5.62. The van der Waals surface area contributed by atoms with Crippen LogP contribution in [0.3, 0.4) is 0 Å². The van der Waals surface area contributed by atoms with Gasteiger partial charge in [-0.2, -0.15) is 0 Å². The topological polar surface area (TPSA) is 87.2 Å². The summed E-state index contributed by atoms with van der Waals surface area (Å²) in [4.78, 5) is 42.9. The second-order valence-corrected chi connectivity index (χ2v) is 8.26. The molecule has 0 radical (unpaired) electrons. The Morgan fingerprint density at radius 2 is 2.03 bits per heavy atom. The van der Waals surface area contributed by atoms with Crippen molar-refractivity contribution in [1.29, 1.82) is 0 Å². The van der Waals surface area contributed by atoms with Gasteiger partial charge in [0.1, 0.15) is 5.56 Å². The molecule has 3 aromatic rings. The number of nitrogens with zero attached hydrogens (tertiary/aromatic N) is 2. The molecule has 1 saturated heterocycles. The van der Waals surface area contributed by atoms with Crippen LogP contribution in [0, 0.1) is 12.8 Å². The number of nitrogens with one attached hydrogen (secondary N) is 2. The Hall–Kier alpha value is -3.35. The van der Waals surface area contributed by atoms with Crippen LogP contribution in [0.1, 0.15) is 34.3 Å². The molecular weight excluding hydrogens is 392 g/mol. The van der Waals surface area contributed by atoms with Gasteiger partial charge in [0.15, 0.2) is 0 Å². The number of para-hydroxylation sites is 1. The van der Waals surface area contributed by atoms with Crippen LogP contribution in [-0.4, -0.2) is 46.4 Å². The van der Waals surface area contributed by atoms with Gasteiger partial charge in [-0.15, -0.1) is 0 Å². The maximum Gasteiger partial charge on any atom is 0.263 e. The molecule has 31 heavy (non-hydrogen) atoms. The quantitative estimate of drug-likeness (QED) is 0.642. The van der Waals surface area contributed by atoms with Gasteiger partial charge in [0.25, 0.3) is 11.5 Å². The second-order valence-electron chi connectivity index (χ2n) is 8.26. The van der Waals surface area contributed by atoms with Crippen LogP contribution in [0.25, 0.3) is 10.9 Å². The number of H-pyrrole nitrogens is 1. The Morgan fingerprint density at radius 1 is 1.23 bits per heavy atom. The Morgan fingerprint density at radius 3 is 2.84 bits per heavy atom. The number of carbonyl (C=O) groups excluding carboxylic acids is 2. The molecule has 2 N–H and O–H groups in total. The summed E-state index contributed by atoms with van der Waals surface area (Å²) in [5.41, 5.74) is 2.90. The molecule has 3 heterocycles. The lowest BCUT2D eigenvalue weighted by Crippen LogP contribution is -2.36. The van der Waals surface area contributed by atoms with E-state index in [2.05, 4.69) is 16.4 Å². The summed E-state index contributed by atoms with van der Waals surface area (Å²) in [7, 11) is 1.62. The van der Waals surface area contributed by atoms with Crippen molar-refractivity contribution in [3.63, 3.8) is 0 Å². The first-order chi connectivity index (χ1) is 15.0. The highest BCUT2D eigenvalue weighted by Gasteiger charge is 2.30. The summed E-state index contributed by atoms with van der Waals surface area (Å²) in [5.74, 6) is -0.116. The van der Waals surface area contributed by atoms with Gasteiger partial charge in [0.2, 0.25) is 5.91 Å². The minimum atomic E-state index is -0.250. The standard InChI is InChI=1S/C24H28N4O3/c1-16-7-10-27(12-9-18-14-26-20-6-4-3-5-19(18)20)23(30)22(16)24(31)28-11-8-17(15-28)13-21(29)25-2/h3-7,10,14,17,26H,8-9,11-13,15H2,1-2H3,(H,25,29). The summed E-state index contributed by atoms with van der Waals surface area (Å²) in [5, 5.41) is 3.78. The zero-order valence-electron chi connectivity index (χ0n) is 18.0. The Balaban J connectivity index is 1.50. The number of aromatic amines is 1. The second kappa shape index (κ2) is 8.79. The molecule has 4 rings (SSSR count). The molecular formula is C24H28N4O3. The molecule has 7 nitrogen and oxygen atoms in total. The predicted molar refractivity (Wildman–Crippen MR) is 120 cm³/mol. The number of rotatable bonds is 6. The van der Waals surface area contributed by atoms with Gasteiger partial charge in [-0.05, 0) is 48.9 Å². The lowest BCUT2D eigenvalue weighted by molar-refractivity contribution is -0.121. The highest BCUT2D eigenvalue weighted by atomic mass is 16.2. The molecule has 2 aromatic heterocycles. The maximum atomic E-state index is 13.2. The Labute approximate surface area is 181 Å². The van der Waals surface area contributed by atoms with E-state index in [0.717, 1.165) is 22.9 Å². The van der Waals surface area contributed by atoms with Crippen molar-refractivity contribution in [2.75, 3.05) is 20.1 Å². The fourth-order valence-corrected chi connectivity index (χ4v) is 4.39. The first-order valence-corrected chi connectivity index (χ1v) is 10.7. The number of amides is 2. The smallest absolute Gasteiger partial charge is 0.263 e. The van der Waals surface area contributed by atoms with Gasteiger partial charge in [-0.3, -0.25) is 14.4 Å². The van der Waals surface area contributed by atoms with Crippen LogP contribution in [0.4, 0.5) is 0 Å². The Bertz CT molecular complexity index is 1180. The first kappa shape index (κ1) is 20.9. The van der Waals surface area contributed by atoms with Gasteiger partial charge < -0.3 is 19.8 Å². The van der Waals surface area contributed by atoms with Crippen molar-refractivity contribution in [2.45, 2.75) is 32.7 Å². The maximum absolute atomic E-state index is 13.2. The minimum Gasteiger partial charge on any atom is -0.361 e. The van der Waals surface area contributed by atoms with Crippen LogP contribution in [0.15, 0.2) is 47.5 Å². The third-order valence-corrected chi connectivity index (χ3v) is 6.21. The number of aromatic nitrogens is 2. The molecule has 1 aliphatic heterocycles. The number of carbonyl (C=O) groups is 2. The Kier molecular flexibility index (Phi) is 5.93. The molecule has 0 spiro atoms. The van der Waals surface area contributed by atoms with Gasteiger partial charge in [-0.25, -0.2) is 0 Å². The monoisotopic (exact) mass is 420 g/mol. The highest BCUT2D eigenvalue weighted by molar-refractivity contribution is 5.95. The largest absolute Gasteiger partial charge is 0.361 e. The van der Waals surface area contributed by atoms with E-state index in [1.54, 1.807) is 29.6 Å². The molecule has 1 fully saturated rings. The molecule has 1 aromatic carbocycles. The fourth-order valence-electron chi connectivity index (χ4n) is 4.39. The van der Waals surface area contributed by atoms with Crippen LogP contribution in [-0.2, 0) is 17.8 Å². The van der Waals surface area contributed by atoms with Crippen LogP contribution < -0.4 is 10.9 Å². The van der Waals surface area contributed by atoms with E-state index >= 15 is 0 Å². The first-order valence-electron chi connectivity index (χ1n) is 10.7. The SMILES string of the molecule is CNC(=O)CC1CCN(C(=O)c2c(C)ccn(CCc3c[nH]c4ccccc34)c2=O)C1. The summed E-state index contributed by atoms with van der Waals surface area (Å²) < 4.78 is 1.63. The number of pyridine rings is 1. The van der Waals surface area contributed by atoms with Crippen molar-refractivity contribution < 1.29 is 9.59 Å². The minimum absolute atomic E-state index is 0.0187. The van der Waals surface area contributed by atoms with E-state index in [-0.39, 0.29) is 28.9 Å². The van der Waals surface area contributed by atoms with Gasteiger partial charge >= 0.3 is 0 Å². The van der Waals surface area contributed by atoms with E-state index in [1.165, 1.54) is 0 Å². The molecule has 0 saturated carbocycles. The normalized spacial score (nSPS) is 16.1. The van der Waals surface area contributed by atoms with E-state index in [4.69, 9.17) is 0 Å². The van der Waals surface area contributed by atoms with E-state index in [0.29, 0.717) is 38.0 Å². The molecule has 2 amide bonds. The number of hydrogen-bond acceptors (Lipinski definition) is 3. The third-order valence-electron chi connectivity index (χ3n) is 6.21. The van der Waals surface area contributed by atoms with Crippen molar-refractivity contribution in [2.24, 2.45) is 5.92 Å². The molecule has 1 atom stereocenters. The van der Waals surface area contributed by atoms with E-state index in [1.807, 2.05) is 30.5 Å². The van der Waals surface area contributed by atoms with Crippen LogP contribution in [0.5, 0.6) is 0 Å². The molecule has 1 unspecified atom stereocenters. The van der Waals surface area contributed by atoms with Crippen molar-refractivity contribution >= 4 is 22.7 Å². The number of aryl methyl sites for hydroxylation is 3. The van der Waals surface area contributed by atoms with Crippen molar-refractivity contribution in [1.82, 2.24) is 19.8 Å². The molecule has 7 heteroatoms. The average Bonchev–Trinajstić information content (AvgIpc) is 3.40. The van der Waals surface area contributed by atoms with Gasteiger partial charge in [0.05, 0.1) is 0 Å². The molecule has 0 aliphatic carbocycles. The van der Waals surface area contributed by atoms with Gasteiger partial charge in [0, 0.05) is 56.4 Å². The van der Waals surface area contributed by atoms with E-state index < -0.39 is 0 Å². The zero-order valence-corrected chi connectivity index (χ0v) is 18.0. The summed E-state index contributed by atoms with van der Waals surface area (Å²) >= 11 is 0. The van der Waals surface area contributed by atoms with Crippen molar-refractivity contribution in [3.8, 4) is 0 Å². The third kappa shape index (κ3) is 4.26. The lowest BCUT2D eigenvalue weighted by Gasteiger charge is -2.18. The summed E-state index contributed by atoms with van der Waals surface area (Å²) in [6.45, 7) is 3.39. The predicted octanol–water partition coefficient (Wildman–Crippen LogP) is 2.48. The molecule has 0 bridgehead atoms. The van der Waals surface area contributed by atoms with Gasteiger partial charge in [-0.1, -0.05) is 18.2 Å². The fraction of sp³-hybridized carbons (Fsp3) is 0.375. The van der Waals surface area contributed by atoms with Crippen LogP contribution >= 0.6 is 0 Å². The van der Waals surface area contributed by atoms with E-state index in [9.17, 15) is 14.4 Å². The molecule has 162 valence electrons. The van der Waals surface area contributed by atoms with Crippen molar-refractivity contribution in [3.05, 3.63) is 69.8 Å². The van der Waals surface area contributed by atoms with Crippen LogP contribution in [0.2, 0.25) is 0 Å². The number of fused-ring (bicyclic) bond motifs is 1. The lowest BCUT2D eigenvalue weighted by atomic mass is 10.0. The highest BCUT2D eigenvalue weighted by Crippen LogP contribution is 2.22. The number of benzene rings is 1.